The van der Waals surface area contributed by atoms with Crippen LogP contribution in [-0.2, 0) is 4.74 Å². The summed E-state index contributed by atoms with van der Waals surface area (Å²) in [6, 6.07) is 0. The molecule has 0 aliphatic carbocycles. The minimum atomic E-state index is 0.144. The molecule has 0 saturated carbocycles. The van der Waals surface area contributed by atoms with E-state index in [1.165, 1.54) is 19.3 Å². The van der Waals surface area contributed by atoms with Crippen molar-refractivity contribution < 1.29 is 4.74 Å². The van der Waals surface area contributed by atoms with Gasteiger partial charge < -0.3 is 4.74 Å². The molecule has 1 heteroatoms. The maximum atomic E-state index is 5.66. The molecule has 1 aliphatic heterocycles. The number of hydrogen-bond acceptors (Lipinski definition) is 1. The van der Waals surface area contributed by atoms with Crippen molar-refractivity contribution in [2.24, 2.45) is 5.92 Å². The molecule has 0 N–H and O–H groups in total. The summed E-state index contributed by atoms with van der Waals surface area (Å²) in [5.74, 6) is 0.863. The van der Waals surface area contributed by atoms with Crippen molar-refractivity contribution in [3.05, 3.63) is 0 Å². The fourth-order valence-corrected chi connectivity index (χ4v) is 1.35. The Morgan fingerprint density at radius 1 is 1.30 bits per heavy atom. The molecule has 0 aromatic rings. The van der Waals surface area contributed by atoms with Gasteiger partial charge in [0.05, 0.1) is 5.60 Å². The third-order valence-corrected chi connectivity index (χ3v) is 2.34. The van der Waals surface area contributed by atoms with Gasteiger partial charge >= 0.3 is 0 Å². The molecule has 1 heterocycles. The average molecular weight is 142 g/mol. The molecule has 1 saturated heterocycles. The third-order valence-electron chi connectivity index (χ3n) is 2.34. The van der Waals surface area contributed by atoms with Crippen molar-refractivity contribution in [1.29, 1.82) is 0 Å². The normalized spacial score (nSPS) is 33.3. The van der Waals surface area contributed by atoms with Crippen molar-refractivity contribution in [2.45, 2.75) is 45.6 Å². The van der Waals surface area contributed by atoms with Crippen molar-refractivity contribution in [2.75, 3.05) is 6.61 Å². The second-order valence-electron chi connectivity index (χ2n) is 4.04. The third kappa shape index (κ3) is 2.30. The molecule has 1 fully saturated rings. The van der Waals surface area contributed by atoms with E-state index in [-0.39, 0.29) is 5.60 Å². The highest BCUT2D eigenvalue weighted by Gasteiger charge is 2.22. The lowest BCUT2D eigenvalue weighted by Gasteiger charge is -2.22. The number of ether oxygens (including phenoxy) is 1. The highest BCUT2D eigenvalue weighted by Crippen LogP contribution is 2.25. The van der Waals surface area contributed by atoms with Gasteiger partial charge in [0.15, 0.2) is 0 Å². The van der Waals surface area contributed by atoms with Gasteiger partial charge in [-0.1, -0.05) is 6.92 Å². The Labute approximate surface area is 63.8 Å². The van der Waals surface area contributed by atoms with Crippen LogP contribution in [0.5, 0.6) is 0 Å². The smallest absolute Gasteiger partial charge is 0.0626 e. The van der Waals surface area contributed by atoms with Crippen LogP contribution < -0.4 is 0 Å². The Morgan fingerprint density at radius 2 is 2.00 bits per heavy atom. The summed E-state index contributed by atoms with van der Waals surface area (Å²) in [6.45, 7) is 7.63. The molecule has 1 atom stereocenters. The van der Waals surface area contributed by atoms with Crippen LogP contribution in [0.1, 0.15) is 40.0 Å². The molecular weight excluding hydrogens is 124 g/mol. The molecule has 0 bridgehead atoms. The van der Waals surface area contributed by atoms with Crippen LogP contribution in [0.25, 0.3) is 0 Å². The topological polar surface area (TPSA) is 9.23 Å². The van der Waals surface area contributed by atoms with Crippen molar-refractivity contribution >= 4 is 0 Å². The molecule has 0 spiro atoms. The van der Waals surface area contributed by atoms with Gasteiger partial charge in [0.1, 0.15) is 0 Å². The first-order valence-corrected chi connectivity index (χ1v) is 4.24. The molecule has 0 amide bonds. The van der Waals surface area contributed by atoms with E-state index in [4.69, 9.17) is 4.74 Å². The van der Waals surface area contributed by atoms with E-state index in [9.17, 15) is 0 Å². The van der Waals surface area contributed by atoms with Gasteiger partial charge in [0.2, 0.25) is 0 Å². The first kappa shape index (κ1) is 8.06. The minimum Gasteiger partial charge on any atom is -0.376 e. The van der Waals surface area contributed by atoms with Gasteiger partial charge in [0.25, 0.3) is 0 Å². The van der Waals surface area contributed by atoms with Crippen LogP contribution in [-0.4, -0.2) is 12.2 Å². The Morgan fingerprint density at radius 3 is 2.70 bits per heavy atom. The average Bonchev–Trinajstić information content (AvgIpc) is 1.94. The summed E-state index contributed by atoms with van der Waals surface area (Å²) in [6.07, 6.45) is 3.78. The monoisotopic (exact) mass is 142 g/mol. The molecule has 0 aromatic heterocycles. The minimum absolute atomic E-state index is 0.144. The second-order valence-corrected chi connectivity index (χ2v) is 4.04. The van der Waals surface area contributed by atoms with Crippen molar-refractivity contribution in [1.82, 2.24) is 0 Å². The Bertz CT molecular complexity index is 107. The Kier molecular flexibility index (Phi) is 2.35. The predicted octanol–water partition coefficient (Wildman–Crippen LogP) is 2.60. The van der Waals surface area contributed by atoms with E-state index >= 15 is 0 Å². The first-order chi connectivity index (χ1) is 4.60. The first-order valence-electron chi connectivity index (χ1n) is 4.24. The lowest BCUT2D eigenvalue weighted by Crippen LogP contribution is -2.22. The van der Waals surface area contributed by atoms with E-state index in [1.807, 2.05) is 0 Å². The fraction of sp³-hybridized carbons (Fsp3) is 1.00. The van der Waals surface area contributed by atoms with Crippen molar-refractivity contribution in [3.63, 3.8) is 0 Å². The quantitative estimate of drug-likeness (QED) is 0.505. The van der Waals surface area contributed by atoms with Gasteiger partial charge in [-0.25, -0.2) is 0 Å². The fourth-order valence-electron chi connectivity index (χ4n) is 1.35. The predicted molar refractivity (Wildman–Crippen MR) is 43.0 cm³/mol. The standard InChI is InChI=1S/C9H18O/c1-8-4-6-9(2,3)10-7-5-8/h8H,4-7H2,1-3H3. The van der Waals surface area contributed by atoms with Gasteiger partial charge in [0, 0.05) is 6.61 Å². The van der Waals surface area contributed by atoms with E-state index in [0.29, 0.717) is 0 Å². The summed E-state index contributed by atoms with van der Waals surface area (Å²) in [5.41, 5.74) is 0.144. The molecule has 10 heavy (non-hydrogen) atoms. The zero-order chi connectivity index (χ0) is 7.61. The zero-order valence-corrected chi connectivity index (χ0v) is 7.31. The van der Waals surface area contributed by atoms with E-state index < -0.39 is 0 Å². The van der Waals surface area contributed by atoms with Crippen LogP contribution in [0.4, 0.5) is 0 Å². The largest absolute Gasteiger partial charge is 0.376 e. The SMILES string of the molecule is CC1CCOC(C)(C)CC1. The Hall–Kier alpha value is -0.0400. The van der Waals surface area contributed by atoms with E-state index in [1.54, 1.807) is 0 Å². The molecular formula is C9H18O. The molecule has 1 nitrogen and oxygen atoms in total. The number of hydrogen-bond donors (Lipinski definition) is 0. The van der Waals surface area contributed by atoms with Crippen LogP contribution >= 0.6 is 0 Å². The lowest BCUT2D eigenvalue weighted by atomic mass is 9.96. The maximum absolute atomic E-state index is 5.66. The van der Waals surface area contributed by atoms with Gasteiger partial charge in [-0.3, -0.25) is 0 Å². The molecule has 0 radical (unpaired) electrons. The maximum Gasteiger partial charge on any atom is 0.0626 e. The number of rotatable bonds is 0. The van der Waals surface area contributed by atoms with Crippen LogP contribution in [0.15, 0.2) is 0 Å². The second kappa shape index (κ2) is 2.91. The summed E-state index contributed by atoms with van der Waals surface area (Å²) in [7, 11) is 0. The summed E-state index contributed by atoms with van der Waals surface area (Å²) >= 11 is 0. The molecule has 1 unspecified atom stereocenters. The van der Waals surface area contributed by atoms with Crippen molar-refractivity contribution in [3.8, 4) is 0 Å². The summed E-state index contributed by atoms with van der Waals surface area (Å²) < 4.78 is 5.66. The molecule has 60 valence electrons. The summed E-state index contributed by atoms with van der Waals surface area (Å²) in [5, 5.41) is 0. The van der Waals surface area contributed by atoms with E-state index in [2.05, 4.69) is 20.8 Å². The highest BCUT2D eigenvalue weighted by molar-refractivity contribution is 4.73. The van der Waals surface area contributed by atoms with Crippen LogP contribution in [0.2, 0.25) is 0 Å². The van der Waals surface area contributed by atoms with Gasteiger partial charge in [-0.05, 0) is 39.0 Å². The molecule has 0 aromatic carbocycles. The van der Waals surface area contributed by atoms with Gasteiger partial charge in [-0.2, -0.15) is 0 Å². The zero-order valence-electron chi connectivity index (χ0n) is 7.31. The molecule has 1 rings (SSSR count). The lowest BCUT2D eigenvalue weighted by molar-refractivity contribution is -0.0132. The van der Waals surface area contributed by atoms with Crippen LogP contribution in [0.3, 0.4) is 0 Å². The van der Waals surface area contributed by atoms with E-state index in [0.717, 1.165) is 12.5 Å². The van der Waals surface area contributed by atoms with Gasteiger partial charge in [-0.15, -0.1) is 0 Å². The van der Waals surface area contributed by atoms with Crippen LogP contribution in [0, 0.1) is 5.92 Å². The summed E-state index contributed by atoms with van der Waals surface area (Å²) in [4.78, 5) is 0. The Balaban J connectivity index is 2.41. The molecule has 1 aliphatic rings. The highest BCUT2D eigenvalue weighted by atomic mass is 16.5.